The fourth-order valence-corrected chi connectivity index (χ4v) is 4.86. The predicted molar refractivity (Wildman–Crippen MR) is 126 cm³/mol. The molecule has 9 heteroatoms. The number of nitrogens with zero attached hydrogens (tertiary/aromatic N) is 4. The normalized spacial score (nSPS) is 17.9. The summed E-state index contributed by atoms with van der Waals surface area (Å²) in [6.45, 7) is 7.45. The molecule has 1 amide bonds. The van der Waals surface area contributed by atoms with Crippen molar-refractivity contribution < 1.29 is 18.3 Å². The number of likely N-dealkylation sites (tertiary alicyclic amines) is 1. The maximum atomic E-state index is 14.0. The van der Waals surface area contributed by atoms with E-state index in [-0.39, 0.29) is 11.7 Å². The van der Waals surface area contributed by atoms with Crippen molar-refractivity contribution in [2.24, 2.45) is 5.92 Å². The number of carbonyl (C=O) groups excluding carboxylic acids is 1. The lowest BCUT2D eigenvalue weighted by Crippen LogP contribution is -2.39. The summed E-state index contributed by atoms with van der Waals surface area (Å²) in [5.74, 6) is 1.34. The number of halogens is 1. The van der Waals surface area contributed by atoms with Crippen molar-refractivity contribution in [3.05, 3.63) is 53.3 Å². The number of aromatic nitrogens is 2. The summed E-state index contributed by atoms with van der Waals surface area (Å²) < 4.78 is 25.2. The number of hydrogen-bond acceptors (Lipinski definition) is 7. The Hall–Kier alpha value is -3.04. The molecule has 2 aliphatic heterocycles. The number of benzene rings is 1. The molecule has 0 aliphatic carbocycles. The molecule has 1 N–H and O–H groups in total. The van der Waals surface area contributed by atoms with E-state index >= 15 is 0 Å². The summed E-state index contributed by atoms with van der Waals surface area (Å²) in [6, 6.07) is 6.94. The first-order valence-electron chi connectivity index (χ1n) is 11.9. The first kappa shape index (κ1) is 22.7. The van der Waals surface area contributed by atoms with Crippen LogP contribution in [0, 0.1) is 18.7 Å². The van der Waals surface area contributed by atoms with Crippen LogP contribution in [0.5, 0.6) is 0 Å². The van der Waals surface area contributed by atoms with Crippen LogP contribution in [0.4, 0.5) is 10.2 Å². The zero-order valence-electron chi connectivity index (χ0n) is 19.4. The molecule has 0 atom stereocenters. The van der Waals surface area contributed by atoms with Crippen molar-refractivity contribution in [2.45, 2.75) is 26.3 Å². The van der Waals surface area contributed by atoms with Crippen molar-refractivity contribution in [1.82, 2.24) is 20.2 Å². The van der Waals surface area contributed by atoms with Gasteiger partial charge in [0.25, 0.3) is 5.91 Å². The Kier molecular flexibility index (Phi) is 6.73. The minimum Gasteiger partial charge on any atom is -0.442 e. The molecule has 2 saturated heterocycles. The molecule has 0 saturated carbocycles. The van der Waals surface area contributed by atoms with Crippen LogP contribution in [0.15, 0.2) is 35.0 Å². The molecule has 0 radical (unpaired) electrons. The van der Waals surface area contributed by atoms with E-state index in [2.05, 4.69) is 25.1 Å². The lowest BCUT2D eigenvalue weighted by Gasteiger charge is -2.32. The largest absolute Gasteiger partial charge is 0.442 e. The standard InChI is InChI=1S/C25H30FN5O3/c1-17-21(22-23(28-16-29-25(22)34-17)31-10-12-33-13-11-31)24(32)27-14-18-6-8-30(9-7-18)15-19-4-2-3-5-20(19)26/h2-5,16,18H,6-15H2,1H3,(H,27,32). The molecule has 1 aromatic carbocycles. The molecule has 0 unspecified atom stereocenters. The first-order valence-corrected chi connectivity index (χ1v) is 11.9. The van der Waals surface area contributed by atoms with Crippen LogP contribution in [-0.2, 0) is 11.3 Å². The number of nitrogens with one attached hydrogen (secondary N) is 1. The number of hydrogen-bond donors (Lipinski definition) is 1. The van der Waals surface area contributed by atoms with Crippen molar-refractivity contribution >= 4 is 22.8 Å². The van der Waals surface area contributed by atoms with Gasteiger partial charge in [0, 0.05) is 31.7 Å². The Bertz CT molecular complexity index is 1150. The van der Waals surface area contributed by atoms with Gasteiger partial charge in [-0.3, -0.25) is 9.69 Å². The summed E-state index contributed by atoms with van der Waals surface area (Å²) in [4.78, 5) is 26.4. The van der Waals surface area contributed by atoms with Crippen molar-refractivity contribution in [2.75, 3.05) is 50.8 Å². The Labute approximate surface area is 198 Å². The van der Waals surface area contributed by atoms with Crippen LogP contribution >= 0.6 is 0 Å². The number of ether oxygens (including phenoxy) is 1. The number of anilines is 1. The highest BCUT2D eigenvalue weighted by Crippen LogP contribution is 2.31. The molecule has 5 rings (SSSR count). The van der Waals surface area contributed by atoms with Gasteiger partial charge in [-0.05, 0) is 44.8 Å². The maximum absolute atomic E-state index is 14.0. The fraction of sp³-hybridized carbons (Fsp3) is 0.480. The summed E-state index contributed by atoms with van der Waals surface area (Å²) in [6.07, 6.45) is 3.40. The van der Waals surface area contributed by atoms with Gasteiger partial charge < -0.3 is 19.4 Å². The van der Waals surface area contributed by atoms with Crippen molar-refractivity contribution in [3.63, 3.8) is 0 Å². The number of piperidine rings is 1. The lowest BCUT2D eigenvalue weighted by molar-refractivity contribution is 0.0935. The van der Waals surface area contributed by atoms with Gasteiger partial charge in [0.05, 0.1) is 24.2 Å². The van der Waals surface area contributed by atoms with Crippen LogP contribution < -0.4 is 10.2 Å². The number of fused-ring (bicyclic) bond motifs is 1. The average Bonchev–Trinajstić information content (AvgIpc) is 3.21. The molecule has 4 heterocycles. The number of amides is 1. The zero-order chi connectivity index (χ0) is 23.5. The van der Waals surface area contributed by atoms with E-state index < -0.39 is 0 Å². The first-order chi connectivity index (χ1) is 16.6. The highest BCUT2D eigenvalue weighted by Gasteiger charge is 2.27. The van der Waals surface area contributed by atoms with Gasteiger partial charge in [-0.2, -0.15) is 0 Å². The SMILES string of the molecule is Cc1oc2ncnc(N3CCOCC3)c2c1C(=O)NCC1CCN(Cc2ccccc2F)CC1. The summed E-state index contributed by atoms with van der Waals surface area (Å²) >= 11 is 0. The zero-order valence-corrected chi connectivity index (χ0v) is 19.4. The summed E-state index contributed by atoms with van der Waals surface area (Å²) in [5.41, 5.74) is 1.67. The van der Waals surface area contributed by atoms with Gasteiger partial charge in [-0.15, -0.1) is 0 Å². The van der Waals surface area contributed by atoms with Crippen LogP contribution in [0.25, 0.3) is 11.1 Å². The third-order valence-electron chi connectivity index (χ3n) is 6.79. The Balaban J connectivity index is 1.22. The topological polar surface area (TPSA) is 83.7 Å². The third kappa shape index (κ3) is 4.76. The number of furan rings is 1. The number of morpholine rings is 1. The number of carbonyl (C=O) groups is 1. The van der Waals surface area contributed by atoms with E-state index in [0.29, 0.717) is 67.7 Å². The average molecular weight is 468 g/mol. The molecule has 2 aromatic heterocycles. The molecule has 2 aliphatic rings. The van der Waals surface area contributed by atoms with E-state index in [4.69, 9.17) is 9.15 Å². The molecule has 8 nitrogen and oxygen atoms in total. The van der Waals surface area contributed by atoms with Gasteiger partial charge in [-0.25, -0.2) is 14.4 Å². The maximum Gasteiger partial charge on any atom is 0.255 e. The Morgan fingerprint density at radius 2 is 1.91 bits per heavy atom. The van der Waals surface area contributed by atoms with E-state index in [9.17, 15) is 9.18 Å². The van der Waals surface area contributed by atoms with E-state index in [1.165, 1.54) is 12.4 Å². The van der Waals surface area contributed by atoms with Gasteiger partial charge in [0.2, 0.25) is 5.71 Å². The van der Waals surface area contributed by atoms with Crippen molar-refractivity contribution in [1.29, 1.82) is 0 Å². The molecular formula is C25H30FN5O3. The second-order valence-corrected chi connectivity index (χ2v) is 9.03. The van der Waals surface area contributed by atoms with Gasteiger partial charge in [-0.1, -0.05) is 18.2 Å². The number of rotatable bonds is 6. The van der Waals surface area contributed by atoms with E-state index in [1.807, 2.05) is 12.1 Å². The van der Waals surface area contributed by atoms with Crippen LogP contribution in [0.2, 0.25) is 0 Å². The van der Waals surface area contributed by atoms with Gasteiger partial charge >= 0.3 is 0 Å². The fourth-order valence-electron chi connectivity index (χ4n) is 4.86. The quantitative estimate of drug-likeness (QED) is 0.596. The van der Waals surface area contributed by atoms with Crippen LogP contribution in [0.1, 0.15) is 34.5 Å². The minimum absolute atomic E-state index is 0.153. The molecule has 2 fully saturated rings. The molecular weight excluding hydrogens is 437 g/mol. The molecule has 180 valence electrons. The van der Waals surface area contributed by atoms with E-state index in [0.717, 1.165) is 37.3 Å². The molecule has 0 spiro atoms. The second-order valence-electron chi connectivity index (χ2n) is 9.03. The van der Waals surface area contributed by atoms with Gasteiger partial charge in [0.1, 0.15) is 23.7 Å². The number of aryl methyl sites for hydroxylation is 1. The summed E-state index contributed by atoms with van der Waals surface area (Å²) in [5, 5.41) is 3.78. The van der Waals surface area contributed by atoms with Gasteiger partial charge in [0.15, 0.2) is 0 Å². The third-order valence-corrected chi connectivity index (χ3v) is 6.79. The highest BCUT2D eigenvalue weighted by atomic mass is 19.1. The Morgan fingerprint density at radius 3 is 2.68 bits per heavy atom. The molecule has 0 bridgehead atoms. The van der Waals surface area contributed by atoms with Crippen LogP contribution in [0.3, 0.4) is 0 Å². The second kappa shape index (κ2) is 10.1. The lowest BCUT2D eigenvalue weighted by atomic mass is 9.96. The highest BCUT2D eigenvalue weighted by molar-refractivity contribution is 6.10. The predicted octanol–water partition coefficient (Wildman–Crippen LogP) is 3.15. The summed E-state index contributed by atoms with van der Waals surface area (Å²) in [7, 11) is 0. The molecule has 3 aromatic rings. The minimum atomic E-state index is -0.158. The molecule has 34 heavy (non-hydrogen) atoms. The van der Waals surface area contributed by atoms with Crippen molar-refractivity contribution in [3.8, 4) is 0 Å². The van der Waals surface area contributed by atoms with E-state index in [1.54, 1.807) is 13.0 Å². The Morgan fingerprint density at radius 1 is 1.15 bits per heavy atom. The van der Waals surface area contributed by atoms with Crippen LogP contribution in [-0.4, -0.2) is 66.7 Å². The monoisotopic (exact) mass is 467 g/mol. The smallest absolute Gasteiger partial charge is 0.255 e.